The Balaban J connectivity index is 1.70. The summed E-state index contributed by atoms with van der Waals surface area (Å²) in [5.74, 6) is -0.0807. The third kappa shape index (κ3) is 3.22. The summed E-state index contributed by atoms with van der Waals surface area (Å²) in [6.07, 6.45) is 7.82. The van der Waals surface area contributed by atoms with Gasteiger partial charge in [0.25, 0.3) is 0 Å². The van der Waals surface area contributed by atoms with Crippen LogP contribution >= 0.6 is 0 Å². The van der Waals surface area contributed by atoms with E-state index in [4.69, 9.17) is 4.98 Å². The van der Waals surface area contributed by atoms with Gasteiger partial charge in [0.15, 0.2) is 11.6 Å². The molecular formula is C24H20FN5O. The standard InChI is InChI=1S/C24H20FN5O/c1-24(2)10-9-18-17(21(24)31)7-8-19(28-18)23-29-20(15-5-3-11-26-13-15)22(25)30(23)16-6-4-12-27-14-16/h3-8,11-14H,9-10H2,1-2H3. The second kappa shape index (κ2) is 7.19. The van der Waals surface area contributed by atoms with Gasteiger partial charge < -0.3 is 0 Å². The molecule has 0 unspecified atom stereocenters. The molecule has 4 aromatic heterocycles. The van der Waals surface area contributed by atoms with Crippen LogP contribution in [0.4, 0.5) is 4.39 Å². The SMILES string of the molecule is CC1(C)CCc2nc(-c3nc(-c4cccnc4)c(F)n3-c3cccnc3)ccc2C1=O. The predicted octanol–water partition coefficient (Wildman–Crippen LogP) is 4.69. The fourth-order valence-corrected chi connectivity index (χ4v) is 3.91. The first-order valence-electron chi connectivity index (χ1n) is 10.1. The van der Waals surface area contributed by atoms with Crippen LogP contribution in [0.2, 0.25) is 0 Å². The fraction of sp³-hybridized carbons (Fsp3) is 0.208. The van der Waals surface area contributed by atoms with Crippen LogP contribution in [0.3, 0.4) is 0 Å². The first kappa shape index (κ1) is 19.2. The minimum atomic E-state index is -0.521. The molecule has 0 atom stereocenters. The van der Waals surface area contributed by atoms with E-state index in [1.165, 1.54) is 4.57 Å². The zero-order valence-corrected chi connectivity index (χ0v) is 17.2. The molecule has 31 heavy (non-hydrogen) atoms. The topological polar surface area (TPSA) is 73.6 Å². The molecule has 1 aliphatic carbocycles. The molecule has 4 heterocycles. The Labute approximate surface area is 178 Å². The lowest BCUT2D eigenvalue weighted by molar-refractivity contribution is 0.0809. The van der Waals surface area contributed by atoms with E-state index in [0.717, 1.165) is 12.1 Å². The summed E-state index contributed by atoms with van der Waals surface area (Å²) < 4.78 is 17.0. The van der Waals surface area contributed by atoms with Gasteiger partial charge in [0.05, 0.1) is 17.6 Å². The van der Waals surface area contributed by atoms with Crippen LogP contribution in [0.25, 0.3) is 28.5 Å². The van der Waals surface area contributed by atoms with Gasteiger partial charge in [-0.3, -0.25) is 19.3 Å². The largest absolute Gasteiger partial charge is 0.294 e. The van der Waals surface area contributed by atoms with Gasteiger partial charge in [0, 0.05) is 35.1 Å². The van der Waals surface area contributed by atoms with Crippen LogP contribution in [0.5, 0.6) is 0 Å². The number of rotatable bonds is 3. The maximum atomic E-state index is 15.6. The smallest absolute Gasteiger partial charge is 0.226 e. The van der Waals surface area contributed by atoms with Gasteiger partial charge in [-0.05, 0) is 49.2 Å². The summed E-state index contributed by atoms with van der Waals surface area (Å²) in [7, 11) is 0. The molecule has 1 aliphatic rings. The van der Waals surface area contributed by atoms with Crippen LogP contribution in [0.15, 0.2) is 61.2 Å². The number of ketones is 1. The van der Waals surface area contributed by atoms with Gasteiger partial charge >= 0.3 is 0 Å². The Hall–Kier alpha value is -3.74. The van der Waals surface area contributed by atoms with Crippen molar-refractivity contribution in [1.29, 1.82) is 0 Å². The molecule has 0 spiro atoms. The minimum Gasteiger partial charge on any atom is -0.294 e. The second-order valence-corrected chi connectivity index (χ2v) is 8.27. The third-order valence-corrected chi connectivity index (χ3v) is 5.71. The number of hydrogen-bond acceptors (Lipinski definition) is 5. The molecule has 0 N–H and O–H groups in total. The molecule has 0 bridgehead atoms. The van der Waals surface area contributed by atoms with E-state index >= 15 is 4.39 Å². The van der Waals surface area contributed by atoms with Crippen LogP contribution in [-0.2, 0) is 6.42 Å². The van der Waals surface area contributed by atoms with Crippen LogP contribution in [-0.4, -0.2) is 30.3 Å². The van der Waals surface area contributed by atoms with Crippen LogP contribution in [0.1, 0.15) is 36.3 Å². The number of aryl methyl sites for hydroxylation is 1. The van der Waals surface area contributed by atoms with E-state index in [0.29, 0.717) is 34.8 Å². The lowest BCUT2D eigenvalue weighted by Crippen LogP contribution is -2.31. The molecule has 0 saturated heterocycles. The highest BCUT2D eigenvalue weighted by Gasteiger charge is 2.35. The number of imidazole rings is 1. The molecule has 154 valence electrons. The zero-order valence-electron chi connectivity index (χ0n) is 17.2. The van der Waals surface area contributed by atoms with Gasteiger partial charge in [0.2, 0.25) is 5.95 Å². The van der Waals surface area contributed by atoms with Crippen LogP contribution in [0, 0.1) is 11.4 Å². The monoisotopic (exact) mass is 413 g/mol. The van der Waals surface area contributed by atoms with Crippen molar-refractivity contribution in [3.8, 4) is 28.5 Å². The highest BCUT2D eigenvalue weighted by Crippen LogP contribution is 2.36. The van der Waals surface area contributed by atoms with Crippen molar-refractivity contribution >= 4 is 5.78 Å². The van der Waals surface area contributed by atoms with Crippen molar-refractivity contribution in [2.45, 2.75) is 26.7 Å². The van der Waals surface area contributed by atoms with Crippen LogP contribution < -0.4 is 0 Å². The quantitative estimate of drug-likeness (QED) is 0.487. The Morgan fingerprint density at radius 2 is 1.77 bits per heavy atom. The van der Waals surface area contributed by atoms with Gasteiger partial charge in [-0.15, -0.1) is 0 Å². The van der Waals surface area contributed by atoms with Gasteiger partial charge in [-0.1, -0.05) is 13.8 Å². The molecule has 0 saturated carbocycles. The first-order valence-corrected chi connectivity index (χ1v) is 10.1. The summed E-state index contributed by atoms with van der Waals surface area (Å²) in [6.45, 7) is 3.91. The summed E-state index contributed by atoms with van der Waals surface area (Å²) in [4.78, 5) is 30.3. The lowest BCUT2D eigenvalue weighted by atomic mass is 9.75. The second-order valence-electron chi connectivity index (χ2n) is 8.27. The maximum Gasteiger partial charge on any atom is 0.226 e. The number of halogens is 1. The normalized spacial score (nSPS) is 15.0. The van der Waals surface area contributed by atoms with Crippen molar-refractivity contribution in [3.63, 3.8) is 0 Å². The van der Waals surface area contributed by atoms with Gasteiger partial charge in [-0.25, -0.2) is 9.97 Å². The molecule has 0 aromatic carbocycles. The predicted molar refractivity (Wildman–Crippen MR) is 114 cm³/mol. The summed E-state index contributed by atoms with van der Waals surface area (Å²) in [5, 5.41) is 0. The fourth-order valence-electron chi connectivity index (χ4n) is 3.91. The van der Waals surface area contributed by atoms with Gasteiger partial charge in [0.1, 0.15) is 11.4 Å². The van der Waals surface area contributed by atoms with Crippen molar-refractivity contribution in [1.82, 2.24) is 24.5 Å². The highest BCUT2D eigenvalue weighted by atomic mass is 19.1. The lowest BCUT2D eigenvalue weighted by Gasteiger charge is -2.29. The van der Waals surface area contributed by atoms with E-state index in [1.807, 2.05) is 13.8 Å². The molecule has 0 amide bonds. The van der Waals surface area contributed by atoms with E-state index < -0.39 is 11.4 Å². The Morgan fingerprint density at radius 3 is 2.48 bits per heavy atom. The molecule has 0 fully saturated rings. The number of nitrogens with zero attached hydrogens (tertiary/aromatic N) is 5. The molecule has 6 nitrogen and oxygen atoms in total. The number of carbonyl (C=O) groups excluding carboxylic acids is 1. The number of fused-ring (bicyclic) bond motifs is 1. The van der Waals surface area contributed by atoms with E-state index in [9.17, 15) is 4.79 Å². The molecular weight excluding hydrogens is 393 g/mol. The summed E-state index contributed by atoms with van der Waals surface area (Å²) >= 11 is 0. The Bertz CT molecular complexity index is 1280. The first-order chi connectivity index (χ1) is 15.0. The third-order valence-electron chi connectivity index (χ3n) is 5.71. The zero-order chi connectivity index (χ0) is 21.6. The van der Waals surface area contributed by atoms with Crippen molar-refractivity contribution in [2.75, 3.05) is 0 Å². The Morgan fingerprint density at radius 1 is 1.00 bits per heavy atom. The maximum absolute atomic E-state index is 15.6. The summed E-state index contributed by atoms with van der Waals surface area (Å²) in [5.41, 5.74) is 2.75. The summed E-state index contributed by atoms with van der Waals surface area (Å²) in [6, 6.07) is 10.5. The number of hydrogen-bond donors (Lipinski definition) is 0. The molecule has 0 aliphatic heterocycles. The number of pyridine rings is 3. The minimum absolute atomic E-state index is 0.0885. The molecule has 0 radical (unpaired) electrons. The highest BCUT2D eigenvalue weighted by molar-refractivity contribution is 6.02. The molecule has 5 rings (SSSR count). The molecule has 4 aromatic rings. The van der Waals surface area contributed by atoms with Crippen molar-refractivity contribution in [2.24, 2.45) is 5.41 Å². The number of carbonyl (C=O) groups is 1. The van der Waals surface area contributed by atoms with Crippen molar-refractivity contribution in [3.05, 3.63) is 78.4 Å². The van der Waals surface area contributed by atoms with Gasteiger partial charge in [-0.2, -0.15) is 4.39 Å². The number of aromatic nitrogens is 5. The Kier molecular flexibility index (Phi) is 4.46. The van der Waals surface area contributed by atoms with E-state index in [2.05, 4.69) is 15.0 Å². The average Bonchev–Trinajstić information content (AvgIpc) is 3.14. The average molecular weight is 413 g/mol. The van der Waals surface area contributed by atoms with E-state index in [1.54, 1.807) is 61.2 Å². The number of Topliss-reactive ketones (excluding diaryl/α,β-unsaturated/α-hetero) is 1. The van der Waals surface area contributed by atoms with E-state index in [-0.39, 0.29) is 11.5 Å². The molecule has 7 heteroatoms. The van der Waals surface area contributed by atoms with Crippen molar-refractivity contribution < 1.29 is 9.18 Å².